The second-order valence-electron chi connectivity index (χ2n) is 4.56. The van der Waals surface area contributed by atoms with Crippen LogP contribution < -0.4 is 10.1 Å². The predicted octanol–water partition coefficient (Wildman–Crippen LogP) is 4.25. The first-order valence-corrected chi connectivity index (χ1v) is 7.24. The molecule has 1 N–H and O–H groups in total. The Hall–Kier alpha value is -1.71. The van der Waals surface area contributed by atoms with Gasteiger partial charge in [-0.25, -0.2) is 0 Å². The van der Waals surface area contributed by atoms with Crippen molar-refractivity contribution in [3.8, 4) is 5.75 Å². The highest BCUT2D eigenvalue weighted by atomic mass is 35.5. The van der Waals surface area contributed by atoms with Crippen LogP contribution >= 0.6 is 23.2 Å². The molecule has 0 saturated heterocycles. The molecular weight excluding hydrogens is 309 g/mol. The van der Waals surface area contributed by atoms with E-state index in [9.17, 15) is 4.79 Å². The Morgan fingerprint density at radius 2 is 1.81 bits per heavy atom. The molecule has 0 aliphatic rings. The standard InChI is InChI=1S/C16H15Cl2NO2/c1-11(12-6-8-13(17)9-7-12)19-16(20)10-21-15-5-3-2-4-14(15)18/h2-9,11H,10H2,1H3,(H,19,20). The average Bonchev–Trinajstić information content (AvgIpc) is 2.47. The van der Waals surface area contributed by atoms with E-state index in [4.69, 9.17) is 27.9 Å². The lowest BCUT2D eigenvalue weighted by Crippen LogP contribution is -2.31. The lowest BCUT2D eigenvalue weighted by Gasteiger charge is -2.15. The van der Waals surface area contributed by atoms with E-state index in [0.29, 0.717) is 15.8 Å². The number of rotatable bonds is 5. The second-order valence-corrected chi connectivity index (χ2v) is 5.40. The molecule has 0 heterocycles. The summed E-state index contributed by atoms with van der Waals surface area (Å²) in [4.78, 5) is 11.9. The van der Waals surface area contributed by atoms with Crippen molar-refractivity contribution in [2.75, 3.05) is 6.61 Å². The molecular formula is C16H15Cl2NO2. The molecule has 0 aliphatic carbocycles. The van der Waals surface area contributed by atoms with Crippen molar-refractivity contribution in [3.05, 3.63) is 64.1 Å². The number of para-hydroxylation sites is 1. The van der Waals surface area contributed by atoms with Crippen LogP contribution in [0.3, 0.4) is 0 Å². The normalized spacial score (nSPS) is 11.8. The van der Waals surface area contributed by atoms with Crippen LogP contribution in [0.2, 0.25) is 10.0 Å². The zero-order valence-electron chi connectivity index (χ0n) is 11.5. The third-order valence-electron chi connectivity index (χ3n) is 2.94. The van der Waals surface area contributed by atoms with E-state index in [-0.39, 0.29) is 18.6 Å². The van der Waals surface area contributed by atoms with Gasteiger partial charge in [0.2, 0.25) is 0 Å². The van der Waals surface area contributed by atoms with Gasteiger partial charge >= 0.3 is 0 Å². The summed E-state index contributed by atoms with van der Waals surface area (Å²) in [5.74, 6) is 0.283. The molecule has 5 heteroatoms. The van der Waals surface area contributed by atoms with Crippen molar-refractivity contribution in [3.63, 3.8) is 0 Å². The highest BCUT2D eigenvalue weighted by molar-refractivity contribution is 6.32. The van der Waals surface area contributed by atoms with Crippen LogP contribution in [0.1, 0.15) is 18.5 Å². The van der Waals surface area contributed by atoms with Gasteiger partial charge in [0, 0.05) is 5.02 Å². The molecule has 3 nitrogen and oxygen atoms in total. The maximum Gasteiger partial charge on any atom is 0.258 e. The Morgan fingerprint density at radius 3 is 2.48 bits per heavy atom. The molecule has 2 aromatic carbocycles. The zero-order valence-corrected chi connectivity index (χ0v) is 13.0. The Morgan fingerprint density at radius 1 is 1.14 bits per heavy atom. The van der Waals surface area contributed by atoms with Crippen molar-refractivity contribution >= 4 is 29.1 Å². The molecule has 0 bridgehead atoms. The van der Waals surface area contributed by atoms with E-state index in [1.807, 2.05) is 19.1 Å². The molecule has 0 saturated carbocycles. The van der Waals surface area contributed by atoms with Gasteiger partial charge in [0.25, 0.3) is 5.91 Å². The largest absolute Gasteiger partial charge is 0.482 e. The molecule has 0 aliphatic heterocycles. The first-order chi connectivity index (χ1) is 10.1. The molecule has 1 amide bonds. The predicted molar refractivity (Wildman–Crippen MR) is 85.0 cm³/mol. The number of amides is 1. The summed E-state index contributed by atoms with van der Waals surface area (Å²) in [6.45, 7) is 1.82. The van der Waals surface area contributed by atoms with E-state index in [2.05, 4.69) is 5.32 Å². The fraction of sp³-hybridized carbons (Fsp3) is 0.188. The summed E-state index contributed by atoms with van der Waals surface area (Å²) < 4.78 is 5.39. The van der Waals surface area contributed by atoms with Crippen molar-refractivity contribution in [2.45, 2.75) is 13.0 Å². The van der Waals surface area contributed by atoms with Gasteiger partial charge < -0.3 is 10.1 Å². The zero-order chi connectivity index (χ0) is 15.2. The third-order valence-corrected chi connectivity index (χ3v) is 3.51. The summed E-state index contributed by atoms with van der Waals surface area (Å²) >= 11 is 11.8. The van der Waals surface area contributed by atoms with Gasteiger partial charge in [-0.05, 0) is 36.8 Å². The fourth-order valence-electron chi connectivity index (χ4n) is 1.82. The summed E-state index contributed by atoms with van der Waals surface area (Å²) in [6.07, 6.45) is 0. The highest BCUT2D eigenvalue weighted by Crippen LogP contribution is 2.23. The minimum Gasteiger partial charge on any atom is -0.482 e. The molecule has 1 unspecified atom stereocenters. The van der Waals surface area contributed by atoms with E-state index in [1.54, 1.807) is 36.4 Å². The van der Waals surface area contributed by atoms with Gasteiger partial charge in [-0.15, -0.1) is 0 Å². The third kappa shape index (κ3) is 4.66. The number of carbonyl (C=O) groups excluding carboxylic acids is 1. The van der Waals surface area contributed by atoms with Crippen molar-refractivity contribution in [1.29, 1.82) is 0 Å². The Balaban J connectivity index is 1.87. The maximum atomic E-state index is 11.9. The first kappa shape index (κ1) is 15.7. The summed E-state index contributed by atoms with van der Waals surface area (Å²) in [5.41, 5.74) is 0.977. The summed E-state index contributed by atoms with van der Waals surface area (Å²) in [5, 5.41) is 4.00. The van der Waals surface area contributed by atoms with Crippen LogP contribution in [0, 0.1) is 0 Å². The minimum atomic E-state index is -0.211. The molecule has 0 radical (unpaired) electrons. The number of hydrogen-bond acceptors (Lipinski definition) is 2. The average molecular weight is 324 g/mol. The van der Waals surface area contributed by atoms with E-state index in [0.717, 1.165) is 5.56 Å². The molecule has 0 spiro atoms. The Kier molecular flexibility index (Phi) is 5.48. The smallest absolute Gasteiger partial charge is 0.258 e. The number of benzene rings is 2. The minimum absolute atomic E-state index is 0.0817. The van der Waals surface area contributed by atoms with Crippen LogP contribution in [0.15, 0.2) is 48.5 Å². The topological polar surface area (TPSA) is 38.3 Å². The van der Waals surface area contributed by atoms with Crippen molar-refractivity contribution < 1.29 is 9.53 Å². The van der Waals surface area contributed by atoms with Crippen LogP contribution in [-0.4, -0.2) is 12.5 Å². The number of halogens is 2. The van der Waals surface area contributed by atoms with Crippen LogP contribution in [0.25, 0.3) is 0 Å². The van der Waals surface area contributed by atoms with Crippen LogP contribution in [-0.2, 0) is 4.79 Å². The monoisotopic (exact) mass is 323 g/mol. The first-order valence-electron chi connectivity index (χ1n) is 6.48. The Labute approximate surface area is 133 Å². The van der Waals surface area contributed by atoms with Gasteiger partial charge in [-0.3, -0.25) is 4.79 Å². The van der Waals surface area contributed by atoms with Gasteiger partial charge in [0.15, 0.2) is 6.61 Å². The van der Waals surface area contributed by atoms with Crippen molar-refractivity contribution in [1.82, 2.24) is 5.32 Å². The number of ether oxygens (including phenoxy) is 1. The maximum absolute atomic E-state index is 11.9. The van der Waals surface area contributed by atoms with Crippen LogP contribution in [0.4, 0.5) is 0 Å². The summed E-state index contributed by atoms with van der Waals surface area (Å²) in [6, 6.07) is 14.3. The molecule has 0 fully saturated rings. The quantitative estimate of drug-likeness (QED) is 0.893. The fourth-order valence-corrected chi connectivity index (χ4v) is 2.14. The molecule has 0 aromatic heterocycles. The summed E-state index contributed by atoms with van der Waals surface area (Å²) in [7, 11) is 0. The van der Waals surface area contributed by atoms with Gasteiger partial charge in [-0.2, -0.15) is 0 Å². The molecule has 1 atom stereocenters. The molecule has 21 heavy (non-hydrogen) atoms. The highest BCUT2D eigenvalue weighted by Gasteiger charge is 2.10. The number of hydrogen-bond donors (Lipinski definition) is 1. The van der Waals surface area contributed by atoms with Gasteiger partial charge in [0.1, 0.15) is 5.75 Å². The lowest BCUT2D eigenvalue weighted by atomic mass is 10.1. The van der Waals surface area contributed by atoms with E-state index in [1.165, 1.54) is 0 Å². The Bertz CT molecular complexity index is 614. The molecule has 110 valence electrons. The van der Waals surface area contributed by atoms with E-state index >= 15 is 0 Å². The van der Waals surface area contributed by atoms with Gasteiger partial charge in [0.05, 0.1) is 11.1 Å². The molecule has 2 rings (SSSR count). The van der Waals surface area contributed by atoms with E-state index < -0.39 is 0 Å². The molecule has 2 aromatic rings. The SMILES string of the molecule is CC(NC(=O)COc1ccccc1Cl)c1ccc(Cl)cc1. The van der Waals surface area contributed by atoms with Gasteiger partial charge in [-0.1, -0.05) is 47.5 Å². The number of carbonyl (C=O) groups is 1. The van der Waals surface area contributed by atoms with Crippen LogP contribution in [0.5, 0.6) is 5.75 Å². The van der Waals surface area contributed by atoms with Crippen molar-refractivity contribution in [2.24, 2.45) is 0 Å². The second kappa shape index (κ2) is 7.34. The lowest BCUT2D eigenvalue weighted by molar-refractivity contribution is -0.123. The number of nitrogens with one attached hydrogen (secondary N) is 1.